The normalized spacial score (nSPS) is 12.4. The molecule has 9 nitrogen and oxygen atoms in total. The number of sulfonamides is 1. The minimum Gasteiger partial charge on any atom is -0.494 e. The van der Waals surface area contributed by atoms with Crippen molar-refractivity contribution >= 4 is 27.6 Å². The highest BCUT2D eigenvalue weighted by atomic mass is 35.5. The first-order valence-electron chi connectivity index (χ1n) is 10.3. The van der Waals surface area contributed by atoms with Gasteiger partial charge in [-0.05, 0) is 47.9 Å². The van der Waals surface area contributed by atoms with Crippen LogP contribution >= 0.6 is 11.6 Å². The minimum atomic E-state index is -3.84. The molecule has 0 radical (unpaired) electrons. The highest BCUT2D eigenvalue weighted by molar-refractivity contribution is 7.92. The Balaban J connectivity index is 1.76. The van der Waals surface area contributed by atoms with Crippen LogP contribution in [0.15, 0.2) is 65.3 Å². The third kappa shape index (κ3) is 4.87. The second-order valence-electron chi connectivity index (χ2n) is 7.51. The zero-order valence-corrected chi connectivity index (χ0v) is 20.3. The van der Waals surface area contributed by atoms with Crippen molar-refractivity contribution in [1.82, 2.24) is 14.8 Å². The standard InChI is InChI=1S/C23H23ClN4O5S/c1-15(16-9-11-17(24)12-10-16)14-34(29,30)27-23-26-25-22(20-8-5-13-33-20)28(23)21-18(31-2)6-4-7-19(21)32-3/h4-13,15H,14H2,1-3H3,(H,26,27)/t15-/m1/s1. The first-order valence-corrected chi connectivity index (χ1v) is 12.3. The number of aromatic nitrogens is 3. The number of hydrogen-bond donors (Lipinski definition) is 1. The summed E-state index contributed by atoms with van der Waals surface area (Å²) in [7, 11) is -0.822. The Kier molecular flexibility index (Phi) is 6.80. The fourth-order valence-corrected chi connectivity index (χ4v) is 5.05. The van der Waals surface area contributed by atoms with Crippen molar-refractivity contribution < 1.29 is 22.3 Å². The van der Waals surface area contributed by atoms with E-state index in [1.165, 1.54) is 25.0 Å². The van der Waals surface area contributed by atoms with Crippen molar-refractivity contribution in [3.63, 3.8) is 0 Å². The third-order valence-electron chi connectivity index (χ3n) is 5.19. The van der Waals surface area contributed by atoms with Gasteiger partial charge in [0, 0.05) is 5.02 Å². The molecule has 0 spiro atoms. The molecule has 178 valence electrons. The first-order chi connectivity index (χ1) is 16.3. The van der Waals surface area contributed by atoms with Gasteiger partial charge in [-0.25, -0.2) is 8.42 Å². The van der Waals surface area contributed by atoms with E-state index < -0.39 is 10.0 Å². The molecular weight excluding hydrogens is 480 g/mol. The molecule has 4 rings (SSSR count). The van der Waals surface area contributed by atoms with Gasteiger partial charge in [-0.1, -0.05) is 36.7 Å². The van der Waals surface area contributed by atoms with Gasteiger partial charge >= 0.3 is 0 Å². The Morgan fingerprint density at radius 3 is 2.29 bits per heavy atom. The fraction of sp³-hybridized carbons (Fsp3) is 0.217. The third-order valence-corrected chi connectivity index (χ3v) is 6.87. The second kappa shape index (κ2) is 9.78. The molecule has 2 heterocycles. The SMILES string of the molecule is COc1cccc(OC)c1-n1c(NS(=O)(=O)C[C@@H](C)c2ccc(Cl)cc2)nnc1-c1ccco1. The van der Waals surface area contributed by atoms with E-state index in [-0.39, 0.29) is 23.4 Å². The lowest BCUT2D eigenvalue weighted by atomic mass is 10.0. The van der Waals surface area contributed by atoms with Gasteiger partial charge in [0.1, 0.15) is 17.2 Å². The molecule has 0 unspecified atom stereocenters. The van der Waals surface area contributed by atoms with Crippen LogP contribution in [0, 0.1) is 0 Å². The number of halogens is 1. The van der Waals surface area contributed by atoms with Crippen molar-refractivity contribution in [3.8, 4) is 28.8 Å². The van der Waals surface area contributed by atoms with E-state index in [1.807, 2.05) is 6.92 Å². The average Bonchev–Trinajstić information content (AvgIpc) is 3.48. The number of rotatable bonds is 9. The summed E-state index contributed by atoms with van der Waals surface area (Å²) in [5.41, 5.74) is 1.27. The second-order valence-corrected chi connectivity index (χ2v) is 9.71. The lowest BCUT2D eigenvalue weighted by Crippen LogP contribution is -2.22. The summed E-state index contributed by atoms with van der Waals surface area (Å²) in [6.45, 7) is 1.82. The van der Waals surface area contributed by atoms with Gasteiger partial charge in [-0.3, -0.25) is 9.29 Å². The molecule has 4 aromatic rings. The van der Waals surface area contributed by atoms with Crippen LogP contribution in [0.4, 0.5) is 5.95 Å². The number of nitrogens with one attached hydrogen (secondary N) is 1. The number of anilines is 1. The van der Waals surface area contributed by atoms with Crippen LogP contribution in [0.1, 0.15) is 18.4 Å². The summed E-state index contributed by atoms with van der Waals surface area (Å²) < 4.78 is 46.9. The molecule has 0 saturated heterocycles. The van der Waals surface area contributed by atoms with Gasteiger partial charge in [-0.15, -0.1) is 10.2 Å². The van der Waals surface area contributed by atoms with Crippen LogP contribution in [-0.2, 0) is 10.0 Å². The zero-order chi connectivity index (χ0) is 24.3. The molecule has 2 aromatic heterocycles. The Morgan fingerprint density at radius 1 is 1.03 bits per heavy atom. The quantitative estimate of drug-likeness (QED) is 0.352. The lowest BCUT2D eigenvalue weighted by molar-refractivity contribution is 0.391. The van der Waals surface area contributed by atoms with Crippen LogP contribution < -0.4 is 14.2 Å². The van der Waals surface area contributed by atoms with Crippen LogP contribution in [-0.4, -0.2) is 43.2 Å². The van der Waals surface area contributed by atoms with Crippen molar-refractivity contribution in [2.24, 2.45) is 0 Å². The predicted octanol–water partition coefficient (Wildman–Crippen LogP) is 4.74. The molecule has 0 aliphatic carbocycles. The summed E-state index contributed by atoms with van der Waals surface area (Å²) in [4.78, 5) is 0. The summed E-state index contributed by atoms with van der Waals surface area (Å²) in [6.07, 6.45) is 1.49. The highest BCUT2D eigenvalue weighted by Gasteiger charge is 2.27. The predicted molar refractivity (Wildman–Crippen MR) is 129 cm³/mol. The van der Waals surface area contributed by atoms with E-state index >= 15 is 0 Å². The van der Waals surface area contributed by atoms with Gasteiger partial charge in [-0.2, -0.15) is 0 Å². The highest BCUT2D eigenvalue weighted by Crippen LogP contribution is 2.37. The molecule has 0 amide bonds. The Bertz CT molecular complexity index is 1350. The number of hydrogen-bond acceptors (Lipinski definition) is 7. The van der Waals surface area contributed by atoms with Crippen molar-refractivity contribution in [1.29, 1.82) is 0 Å². The Morgan fingerprint density at radius 2 is 1.71 bits per heavy atom. The van der Waals surface area contributed by atoms with Crippen LogP contribution in [0.3, 0.4) is 0 Å². The summed E-state index contributed by atoms with van der Waals surface area (Å²) in [6, 6.07) is 15.7. The smallest absolute Gasteiger partial charge is 0.243 e. The van der Waals surface area contributed by atoms with Gasteiger partial charge in [0.25, 0.3) is 0 Å². The number of methoxy groups -OCH3 is 2. The van der Waals surface area contributed by atoms with Crippen LogP contribution in [0.5, 0.6) is 11.5 Å². The molecule has 11 heteroatoms. The van der Waals surface area contributed by atoms with Gasteiger partial charge in [0.05, 0.1) is 26.2 Å². The van der Waals surface area contributed by atoms with Gasteiger partial charge in [0.2, 0.25) is 21.8 Å². The molecule has 0 aliphatic heterocycles. The number of furan rings is 1. The molecule has 0 fully saturated rings. The molecule has 0 bridgehead atoms. The first kappa shape index (κ1) is 23.7. The molecule has 0 aliphatic rings. The molecule has 1 N–H and O–H groups in total. The van der Waals surface area contributed by atoms with E-state index in [0.29, 0.717) is 28.0 Å². The van der Waals surface area contributed by atoms with Crippen LogP contribution in [0.2, 0.25) is 5.02 Å². The maximum Gasteiger partial charge on any atom is 0.243 e. The van der Waals surface area contributed by atoms with Crippen molar-refractivity contribution in [2.45, 2.75) is 12.8 Å². The summed E-state index contributed by atoms with van der Waals surface area (Å²) in [5, 5.41) is 8.88. The molecule has 1 atom stereocenters. The van der Waals surface area contributed by atoms with E-state index in [0.717, 1.165) is 5.56 Å². The molecular formula is C23H23ClN4O5S. The van der Waals surface area contributed by atoms with E-state index in [9.17, 15) is 8.42 Å². The van der Waals surface area contributed by atoms with Gasteiger partial charge in [0.15, 0.2) is 5.76 Å². The summed E-state index contributed by atoms with van der Waals surface area (Å²) >= 11 is 5.95. The number of benzene rings is 2. The van der Waals surface area contributed by atoms with E-state index in [2.05, 4.69) is 14.9 Å². The monoisotopic (exact) mass is 502 g/mol. The van der Waals surface area contributed by atoms with Crippen molar-refractivity contribution in [2.75, 3.05) is 24.7 Å². The Hall–Kier alpha value is -3.50. The Labute approximate surface area is 202 Å². The molecule has 0 saturated carbocycles. The maximum absolute atomic E-state index is 13.1. The van der Waals surface area contributed by atoms with Gasteiger partial charge < -0.3 is 13.9 Å². The topological polar surface area (TPSA) is 108 Å². The average molecular weight is 503 g/mol. The van der Waals surface area contributed by atoms with Crippen molar-refractivity contribution in [3.05, 3.63) is 71.4 Å². The number of nitrogens with zero attached hydrogens (tertiary/aromatic N) is 3. The van der Waals surface area contributed by atoms with Crippen LogP contribution in [0.25, 0.3) is 17.3 Å². The maximum atomic E-state index is 13.1. The minimum absolute atomic E-state index is 0.0301. The summed E-state index contributed by atoms with van der Waals surface area (Å²) in [5.74, 6) is 1.02. The lowest BCUT2D eigenvalue weighted by Gasteiger charge is -2.18. The fourth-order valence-electron chi connectivity index (χ4n) is 3.58. The largest absolute Gasteiger partial charge is 0.494 e. The number of para-hydroxylation sites is 1. The number of ether oxygens (including phenoxy) is 2. The zero-order valence-electron chi connectivity index (χ0n) is 18.7. The van der Waals surface area contributed by atoms with E-state index in [1.54, 1.807) is 54.6 Å². The molecule has 34 heavy (non-hydrogen) atoms. The molecule has 2 aromatic carbocycles. The van der Waals surface area contributed by atoms with E-state index in [4.69, 9.17) is 25.5 Å².